The van der Waals surface area contributed by atoms with Crippen LogP contribution in [0.15, 0.2) is 51.8 Å². The van der Waals surface area contributed by atoms with Crippen LogP contribution in [-0.4, -0.2) is 16.3 Å². The smallest absolute Gasteiger partial charge is 0.270 e. The predicted octanol–water partition coefficient (Wildman–Crippen LogP) is 6.69. The van der Waals surface area contributed by atoms with E-state index < -0.39 is 0 Å². The zero-order chi connectivity index (χ0) is 19.6. The van der Waals surface area contributed by atoms with Crippen LogP contribution in [0, 0.1) is 0 Å². The number of para-hydroxylation sites is 1. The van der Waals surface area contributed by atoms with Crippen LogP contribution in [0.2, 0.25) is 5.02 Å². The molecule has 1 aliphatic heterocycles. The van der Waals surface area contributed by atoms with Gasteiger partial charge in [-0.15, -0.1) is 0 Å². The van der Waals surface area contributed by atoms with E-state index in [4.69, 9.17) is 28.6 Å². The summed E-state index contributed by atoms with van der Waals surface area (Å²) in [5.74, 6) is 0.588. The molecule has 0 bridgehead atoms. The summed E-state index contributed by atoms with van der Waals surface area (Å²) in [5, 5.41) is 0.526. The van der Waals surface area contributed by atoms with E-state index >= 15 is 0 Å². The fraction of sp³-hybridized carbons (Fsp3) is 0.200. The minimum absolute atomic E-state index is 0.0963. The topological polar surface area (TPSA) is 29.5 Å². The Balaban J connectivity index is 1.92. The van der Waals surface area contributed by atoms with Gasteiger partial charge in [0.05, 0.1) is 21.7 Å². The number of carbonyl (C=O) groups excluding carboxylic acids is 1. The fourth-order valence-electron chi connectivity index (χ4n) is 2.46. The van der Waals surface area contributed by atoms with Gasteiger partial charge in [0.1, 0.15) is 5.75 Å². The molecule has 140 valence electrons. The summed E-state index contributed by atoms with van der Waals surface area (Å²) in [6.07, 6.45) is 2.83. The molecule has 2 aromatic rings. The summed E-state index contributed by atoms with van der Waals surface area (Å²) in [6, 6.07) is 13.0. The van der Waals surface area contributed by atoms with Crippen LogP contribution in [0.1, 0.15) is 25.8 Å². The average Bonchev–Trinajstić information content (AvgIpc) is 2.92. The molecule has 1 aliphatic rings. The number of ether oxygens (including phenoxy) is 1. The van der Waals surface area contributed by atoms with Crippen molar-refractivity contribution in [2.24, 2.45) is 0 Å². The Morgan fingerprint density at radius 2 is 2.07 bits per heavy atom. The molecule has 1 heterocycles. The number of hydrogen-bond acceptors (Lipinski definition) is 4. The molecule has 1 atom stereocenters. The summed E-state index contributed by atoms with van der Waals surface area (Å²) in [5.41, 5.74) is 1.50. The fourth-order valence-corrected chi connectivity index (χ4v) is 4.17. The van der Waals surface area contributed by atoms with Gasteiger partial charge in [-0.05, 0) is 59.6 Å². The lowest BCUT2D eigenvalue weighted by molar-refractivity contribution is -0.113. The molecular weight excluding hydrogens is 466 g/mol. The van der Waals surface area contributed by atoms with E-state index in [2.05, 4.69) is 22.9 Å². The first kappa shape index (κ1) is 20.4. The van der Waals surface area contributed by atoms with Gasteiger partial charge < -0.3 is 4.74 Å². The normalized spacial score (nSPS) is 16.9. The van der Waals surface area contributed by atoms with Crippen LogP contribution in [0.25, 0.3) is 6.08 Å². The molecule has 1 saturated heterocycles. The van der Waals surface area contributed by atoms with Crippen molar-refractivity contribution < 1.29 is 9.53 Å². The number of anilines is 1. The molecule has 0 N–H and O–H groups in total. The van der Waals surface area contributed by atoms with Gasteiger partial charge in [-0.1, -0.05) is 60.7 Å². The summed E-state index contributed by atoms with van der Waals surface area (Å²) < 4.78 is 7.22. The van der Waals surface area contributed by atoms with Crippen molar-refractivity contribution in [1.29, 1.82) is 0 Å². The zero-order valence-electron chi connectivity index (χ0n) is 14.7. The quantitative estimate of drug-likeness (QED) is 0.351. The highest BCUT2D eigenvalue weighted by Gasteiger charge is 2.33. The average molecular weight is 483 g/mol. The van der Waals surface area contributed by atoms with Crippen molar-refractivity contribution in [3.63, 3.8) is 0 Å². The lowest BCUT2D eigenvalue weighted by Crippen LogP contribution is -2.27. The van der Waals surface area contributed by atoms with Gasteiger partial charge in [-0.2, -0.15) is 0 Å². The summed E-state index contributed by atoms with van der Waals surface area (Å²) in [4.78, 5) is 15.0. The molecule has 27 heavy (non-hydrogen) atoms. The Morgan fingerprint density at radius 1 is 1.33 bits per heavy atom. The number of nitrogens with zero attached hydrogens (tertiary/aromatic N) is 1. The molecule has 0 aromatic heterocycles. The number of benzene rings is 2. The van der Waals surface area contributed by atoms with Crippen molar-refractivity contribution in [3.8, 4) is 5.75 Å². The molecule has 1 amide bonds. The SMILES string of the molecule is CC[C@@H](C)Oc1ccccc1/C=C1/SC(=S)N(c2ccc(Br)c(Cl)c2)C1=O. The molecule has 3 rings (SSSR count). The molecule has 1 fully saturated rings. The number of hydrogen-bond donors (Lipinski definition) is 0. The Bertz CT molecular complexity index is 932. The first-order chi connectivity index (χ1) is 12.9. The summed E-state index contributed by atoms with van der Waals surface area (Å²) >= 11 is 16.2. The van der Waals surface area contributed by atoms with Gasteiger partial charge in [0.2, 0.25) is 0 Å². The van der Waals surface area contributed by atoms with E-state index in [1.807, 2.05) is 43.3 Å². The Kier molecular flexibility index (Phi) is 6.63. The Morgan fingerprint density at radius 3 is 2.78 bits per heavy atom. The highest BCUT2D eigenvalue weighted by molar-refractivity contribution is 9.10. The monoisotopic (exact) mass is 481 g/mol. The van der Waals surface area contributed by atoms with E-state index in [0.29, 0.717) is 19.9 Å². The molecule has 0 unspecified atom stereocenters. The van der Waals surface area contributed by atoms with Gasteiger partial charge in [-0.25, -0.2) is 0 Å². The maximum atomic E-state index is 13.0. The highest BCUT2D eigenvalue weighted by atomic mass is 79.9. The van der Waals surface area contributed by atoms with Crippen LogP contribution in [0.5, 0.6) is 5.75 Å². The van der Waals surface area contributed by atoms with E-state index in [9.17, 15) is 4.79 Å². The first-order valence-electron chi connectivity index (χ1n) is 8.39. The second-order valence-electron chi connectivity index (χ2n) is 5.99. The number of halogens is 2. The van der Waals surface area contributed by atoms with Crippen molar-refractivity contribution in [3.05, 3.63) is 62.4 Å². The van der Waals surface area contributed by atoms with E-state index in [1.54, 1.807) is 12.1 Å². The van der Waals surface area contributed by atoms with Crippen molar-refractivity contribution in [2.45, 2.75) is 26.4 Å². The van der Waals surface area contributed by atoms with E-state index in [0.717, 1.165) is 22.2 Å². The lowest BCUT2D eigenvalue weighted by atomic mass is 10.1. The second kappa shape index (κ2) is 8.78. The van der Waals surface area contributed by atoms with Gasteiger partial charge in [0, 0.05) is 10.0 Å². The Labute approximate surface area is 181 Å². The number of thiocarbonyl (C=S) groups is 1. The lowest BCUT2D eigenvalue weighted by Gasteiger charge is -2.15. The van der Waals surface area contributed by atoms with Crippen molar-refractivity contribution >= 4 is 73.5 Å². The maximum Gasteiger partial charge on any atom is 0.270 e. The third-order valence-corrected chi connectivity index (χ3v) is 6.60. The molecule has 0 aliphatic carbocycles. The van der Waals surface area contributed by atoms with Gasteiger partial charge >= 0.3 is 0 Å². The number of carbonyl (C=O) groups is 1. The zero-order valence-corrected chi connectivity index (χ0v) is 18.7. The molecule has 2 aromatic carbocycles. The van der Waals surface area contributed by atoms with Crippen molar-refractivity contribution in [2.75, 3.05) is 4.90 Å². The van der Waals surface area contributed by atoms with Crippen LogP contribution in [0.4, 0.5) is 5.69 Å². The van der Waals surface area contributed by atoms with E-state index in [-0.39, 0.29) is 12.0 Å². The molecule has 3 nitrogen and oxygen atoms in total. The maximum absolute atomic E-state index is 13.0. The first-order valence-corrected chi connectivity index (χ1v) is 10.8. The predicted molar refractivity (Wildman–Crippen MR) is 122 cm³/mol. The number of amides is 1. The third-order valence-electron chi connectivity index (χ3n) is 4.06. The van der Waals surface area contributed by atoms with Crippen LogP contribution >= 0.6 is 51.5 Å². The molecule has 7 heteroatoms. The van der Waals surface area contributed by atoms with Gasteiger partial charge in [-0.3, -0.25) is 9.69 Å². The number of thioether (sulfide) groups is 1. The molecule has 0 saturated carbocycles. The van der Waals surface area contributed by atoms with Gasteiger partial charge in [0.15, 0.2) is 4.32 Å². The number of rotatable bonds is 5. The molecule has 0 radical (unpaired) electrons. The summed E-state index contributed by atoms with van der Waals surface area (Å²) in [7, 11) is 0. The minimum atomic E-state index is -0.165. The van der Waals surface area contributed by atoms with Gasteiger partial charge in [0.25, 0.3) is 5.91 Å². The second-order valence-corrected chi connectivity index (χ2v) is 8.93. The van der Waals surface area contributed by atoms with Crippen LogP contribution < -0.4 is 9.64 Å². The molecular formula is C20H17BrClNO2S2. The highest BCUT2D eigenvalue weighted by Crippen LogP contribution is 2.38. The Hall–Kier alpha value is -1.34. The summed E-state index contributed by atoms with van der Waals surface area (Å²) in [6.45, 7) is 4.09. The standard InChI is InChI=1S/C20H17BrClNO2S2/c1-3-12(2)25-17-7-5-4-6-13(17)10-18-19(24)23(20(26)27-18)14-8-9-15(21)16(22)11-14/h4-12H,3H2,1-2H3/b18-10+/t12-/m1/s1. The van der Waals surface area contributed by atoms with Crippen molar-refractivity contribution in [1.82, 2.24) is 0 Å². The van der Waals surface area contributed by atoms with Crippen LogP contribution in [-0.2, 0) is 4.79 Å². The molecule has 0 spiro atoms. The van der Waals surface area contributed by atoms with E-state index in [1.165, 1.54) is 16.7 Å². The largest absolute Gasteiger partial charge is 0.490 e. The van der Waals surface area contributed by atoms with Crippen LogP contribution in [0.3, 0.4) is 0 Å². The third kappa shape index (κ3) is 4.57. The minimum Gasteiger partial charge on any atom is -0.490 e.